The standard InChI is InChI=1S/C20H25ClO6/c1-8(2)18(24)13(21)14-20(27-14)17(3)5-4-9-10(7-25-15(9)22)11(17)6-12-19(20,26-12)16(18)23/h8,11-14,16,23-24H,4-7H2,1-3H3/t11-,12-,13+,14-,16+,17-,18-,19+,20+/m0/s1. The Morgan fingerprint density at radius 2 is 2.04 bits per heavy atom. The molecule has 148 valence electrons. The molecule has 0 aromatic heterocycles. The maximum Gasteiger partial charge on any atom is 0.334 e. The zero-order valence-corrected chi connectivity index (χ0v) is 16.5. The number of halogens is 1. The van der Waals surface area contributed by atoms with Crippen LogP contribution >= 0.6 is 11.6 Å². The van der Waals surface area contributed by atoms with Gasteiger partial charge < -0.3 is 24.4 Å². The van der Waals surface area contributed by atoms with Crippen molar-refractivity contribution in [3.05, 3.63) is 11.1 Å². The second kappa shape index (κ2) is 4.57. The molecule has 3 aliphatic heterocycles. The molecule has 7 heteroatoms. The van der Waals surface area contributed by atoms with E-state index in [4.69, 9.17) is 25.8 Å². The summed E-state index contributed by atoms with van der Waals surface area (Å²) in [6.07, 6.45) is 0.446. The molecule has 2 N–H and O–H groups in total. The number of carbonyl (C=O) groups is 1. The van der Waals surface area contributed by atoms with Crippen LogP contribution in [0.1, 0.15) is 40.0 Å². The summed E-state index contributed by atoms with van der Waals surface area (Å²) in [7, 11) is 0. The molecule has 6 nitrogen and oxygen atoms in total. The second-order valence-electron chi connectivity index (χ2n) is 9.81. The Labute approximate surface area is 162 Å². The molecule has 0 aromatic rings. The molecule has 3 heterocycles. The van der Waals surface area contributed by atoms with Crippen LogP contribution in [-0.2, 0) is 19.0 Å². The number of aliphatic hydroxyl groups excluding tert-OH is 1. The van der Waals surface area contributed by atoms with Gasteiger partial charge >= 0.3 is 5.97 Å². The molecule has 0 unspecified atom stereocenters. The van der Waals surface area contributed by atoms with Crippen LogP contribution in [0.4, 0.5) is 0 Å². The van der Waals surface area contributed by atoms with Crippen molar-refractivity contribution in [3.8, 4) is 0 Å². The SMILES string of the molecule is CC(C)[C@]1(O)[C@H](Cl)[C@@H]2O[C@]23[C@]2(O[C@H]2C[C@H]2C4=C(CC[C@@]23C)C(=O)OC4)[C@@H]1O. The first kappa shape index (κ1) is 17.2. The Morgan fingerprint density at radius 1 is 1.30 bits per heavy atom. The highest BCUT2D eigenvalue weighted by Gasteiger charge is 2.96. The van der Waals surface area contributed by atoms with Gasteiger partial charge in [0.25, 0.3) is 0 Å². The molecule has 0 bridgehead atoms. The topological polar surface area (TPSA) is 91.8 Å². The molecule has 0 amide bonds. The second-order valence-corrected chi connectivity index (χ2v) is 10.3. The van der Waals surface area contributed by atoms with Gasteiger partial charge in [-0.3, -0.25) is 0 Å². The zero-order valence-electron chi connectivity index (χ0n) is 15.7. The maximum absolute atomic E-state index is 12.1. The Hall–Kier alpha value is -0.660. The first-order valence-corrected chi connectivity index (χ1v) is 10.4. The third kappa shape index (κ3) is 1.49. The third-order valence-electron chi connectivity index (χ3n) is 8.85. The third-order valence-corrected chi connectivity index (χ3v) is 9.43. The summed E-state index contributed by atoms with van der Waals surface area (Å²) in [5.74, 6) is -0.317. The van der Waals surface area contributed by atoms with Crippen LogP contribution in [0.25, 0.3) is 0 Å². The Balaban J connectivity index is 1.50. The van der Waals surface area contributed by atoms with Gasteiger partial charge in [0.1, 0.15) is 30.0 Å². The van der Waals surface area contributed by atoms with Crippen LogP contribution in [0.2, 0.25) is 0 Å². The minimum absolute atomic E-state index is 0.111. The zero-order chi connectivity index (χ0) is 19.1. The van der Waals surface area contributed by atoms with Gasteiger partial charge in [0, 0.05) is 11.0 Å². The number of aliphatic hydroxyl groups is 2. The van der Waals surface area contributed by atoms with Gasteiger partial charge in [-0.15, -0.1) is 11.6 Å². The smallest absolute Gasteiger partial charge is 0.334 e. The summed E-state index contributed by atoms with van der Waals surface area (Å²) in [5, 5.41) is 22.0. The number of fused-ring (bicyclic) bond motifs is 2. The molecule has 4 fully saturated rings. The molecule has 0 radical (unpaired) electrons. The molecule has 2 saturated carbocycles. The number of ether oxygens (including phenoxy) is 3. The lowest BCUT2D eigenvalue weighted by molar-refractivity contribution is -0.177. The van der Waals surface area contributed by atoms with Gasteiger partial charge in [-0.05, 0) is 36.7 Å². The molecular weight excluding hydrogens is 372 g/mol. The summed E-state index contributed by atoms with van der Waals surface area (Å²) >= 11 is 6.75. The van der Waals surface area contributed by atoms with Crippen molar-refractivity contribution in [2.75, 3.05) is 6.61 Å². The van der Waals surface area contributed by atoms with Crippen molar-refractivity contribution in [1.29, 1.82) is 0 Å². The number of epoxide rings is 2. The number of hydrogen-bond donors (Lipinski definition) is 2. The van der Waals surface area contributed by atoms with Crippen LogP contribution in [0.5, 0.6) is 0 Å². The van der Waals surface area contributed by atoms with Crippen molar-refractivity contribution in [2.45, 2.75) is 80.5 Å². The maximum atomic E-state index is 12.1. The van der Waals surface area contributed by atoms with E-state index in [1.54, 1.807) is 0 Å². The van der Waals surface area contributed by atoms with Crippen LogP contribution in [0, 0.1) is 17.3 Å². The highest BCUT2D eigenvalue weighted by Crippen LogP contribution is 2.80. The molecule has 27 heavy (non-hydrogen) atoms. The molecule has 3 aliphatic carbocycles. The lowest BCUT2D eigenvalue weighted by Crippen LogP contribution is -2.75. The Kier molecular flexibility index (Phi) is 2.91. The highest BCUT2D eigenvalue weighted by molar-refractivity contribution is 6.22. The van der Waals surface area contributed by atoms with Crippen LogP contribution in [0.3, 0.4) is 0 Å². The summed E-state index contributed by atoms with van der Waals surface area (Å²) in [6, 6.07) is 0. The molecule has 0 aromatic carbocycles. The van der Waals surface area contributed by atoms with E-state index in [-0.39, 0.29) is 35.4 Å². The van der Waals surface area contributed by atoms with E-state index in [1.165, 1.54) is 0 Å². The number of esters is 1. The van der Waals surface area contributed by atoms with E-state index in [0.717, 1.165) is 17.6 Å². The number of cyclic esters (lactones) is 1. The van der Waals surface area contributed by atoms with Gasteiger partial charge in [-0.2, -0.15) is 0 Å². The van der Waals surface area contributed by atoms with Crippen LogP contribution in [0.15, 0.2) is 11.1 Å². The van der Waals surface area contributed by atoms with E-state index in [1.807, 2.05) is 13.8 Å². The largest absolute Gasteiger partial charge is 0.458 e. The fraction of sp³-hybridized carbons (Fsp3) is 0.850. The fourth-order valence-electron chi connectivity index (χ4n) is 7.24. The highest BCUT2D eigenvalue weighted by atomic mass is 35.5. The first-order valence-electron chi connectivity index (χ1n) is 9.95. The normalized spacial score (nSPS) is 60.1. The van der Waals surface area contributed by atoms with Crippen LogP contribution < -0.4 is 0 Å². The minimum atomic E-state index is -1.46. The number of carbonyl (C=O) groups excluding carboxylic acids is 1. The van der Waals surface area contributed by atoms with Gasteiger partial charge in [-0.1, -0.05) is 20.8 Å². The number of alkyl halides is 1. The molecule has 2 saturated heterocycles. The van der Waals surface area contributed by atoms with E-state index >= 15 is 0 Å². The van der Waals surface area contributed by atoms with E-state index in [9.17, 15) is 15.0 Å². The molecule has 6 aliphatic rings. The summed E-state index contributed by atoms with van der Waals surface area (Å²) in [6.45, 7) is 6.26. The van der Waals surface area contributed by atoms with Gasteiger partial charge in [0.2, 0.25) is 0 Å². The van der Waals surface area contributed by atoms with Crippen molar-refractivity contribution < 1.29 is 29.2 Å². The van der Waals surface area contributed by atoms with Crippen molar-refractivity contribution in [1.82, 2.24) is 0 Å². The van der Waals surface area contributed by atoms with E-state index in [2.05, 4.69) is 6.92 Å². The van der Waals surface area contributed by atoms with Crippen molar-refractivity contribution >= 4 is 17.6 Å². The van der Waals surface area contributed by atoms with Gasteiger partial charge in [0.15, 0.2) is 5.60 Å². The van der Waals surface area contributed by atoms with Gasteiger partial charge in [0.05, 0.1) is 11.5 Å². The monoisotopic (exact) mass is 396 g/mol. The Bertz CT molecular complexity index is 810. The lowest BCUT2D eigenvalue weighted by atomic mass is 9.46. The molecule has 9 atom stereocenters. The fourth-order valence-corrected chi connectivity index (χ4v) is 7.85. The Morgan fingerprint density at radius 3 is 2.74 bits per heavy atom. The molecular formula is C20H25ClO6. The van der Waals surface area contributed by atoms with Crippen molar-refractivity contribution in [3.63, 3.8) is 0 Å². The quantitative estimate of drug-likeness (QED) is 0.394. The van der Waals surface area contributed by atoms with E-state index in [0.29, 0.717) is 19.4 Å². The average molecular weight is 397 g/mol. The molecule has 6 rings (SSSR count). The number of hydrogen-bond acceptors (Lipinski definition) is 6. The number of rotatable bonds is 1. The lowest BCUT2D eigenvalue weighted by Gasteiger charge is -2.56. The van der Waals surface area contributed by atoms with E-state index < -0.39 is 28.3 Å². The predicted molar refractivity (Wildman–Crippen MR) is 94.1 cm³/mol. The van der Waals surface area contributed by atoms with Crippen LogP contribution in [-0.4, -0.2) is 63.3 Å². The molecule has 2 spiro atoms. The van der Waals surface area contributed by atoms with Gasteiger partial charge in [-0.25, -0.2) is 4.79 Å². The van der Waals surface area contributed by atoms with Crippen molar-refractivity contribution in [2.24, 2.45) is 17.3 Å². The first-order chi connectivity index (χ1) is 12.7. The summed E-state index contributed by atoms with van der Waals surface area (Å²) in [5.41, 5.74) is -1.51. The summed E-state index contributed by atoms with van der Waals surface area (Å²) < 4.78 is 17.9. The minimum Gasteiger partial charge on any atom is -0.458 e. The summed E-state index contributed by atoms with van der Waals surface area (Å²) in [4.78, 5) is 12.1. The predicted octanol–water partition coefficient (Wildman–Crippen LogP) is 1.30. The average Bonchev–Trinajstić information content (AvgIpc) is 3.50.